The van der Waals surface area contributed by atoms with Crippen LogP contribution in [0, 0.1) is 5.41 Å². The van der Waals surface area contributed by atoms with Crippen LogP contribution in [0.5, 0.6) is 0 Å². The van der Waals surface area contributed by atoms with E-state index in [0.717, 1.165) is 17.0 Å². The number of nitrogens with zero attached hydrogens (tertiary/aromatic N) is 2. The zero-order valence-corrected chi connectivity index (χ0v) is 18.0. The number of aromatic amines is 1. The minimum Gasteiger partial charge on any atom is -0.461 e. The summed E-state index contributed by atoms with van der Waals surface area (Å²) in [6.07, 6.45) is 1.72. The first-order valence-electron chi connectivity index (χ1n) is 9.33. The zero-order chi connectivity index (χ0) is 21.5. The monoisotopic (exact) mass is 444 g/mol. The maximum absolute atomic E-state index is 12.8. The van der Waals surface area contributed by atoms with Crippen molar-refractivity contribution in [2.45, 2.75) is 24.8 Å². The predicted molar refractivity (Wildman–Crippen MR) is 114 cm³/mol. The van der Waals surface area contributed by atoms with Crippen LogP contribution in [0.15, 0.2) is 46.3 Å². The number of esters is 1. The Morgan fingerprint density at radius 3 is 2.77 bits per heavy atom. The van der Waals surface area contributed by atoms with Gasteiger partial charge >= 0.3 is 10.8 Å². The van der Waals surface area contributed by atoms with Crippen LogP contribution in [0.25, 0.3) is 5.69 Å². The number of ether oxygens (including phenoxy) is 1. The highest BCUT2D eigenvalue weighted by Crippen LogP contribution is 2.52. The highest BCUT2D eigenvalue weighted by atomic mass is 32.2. The Balaban J connectivity index is 1.96. The third kappa shape index (κ3) is 3.35. The van der Waals surface area contributed by atoms with Gasteiger partial charge in [0.25, 0.3) is 0 Å². The molecule has 2 aromatic heterocycles. The molecule has 1 amide bonds. The molecule has 8 nitrogen and oxygen atoms in total. The Bertz CT molecular complexity index is 1170. The Morgan fingerprint density at radius 2 is 2.10 bits per heavy atom. The van der Waals surface area contributed by atoms with Gasteiger partial charge in [-0.1, -0.05) is 29.5 Å². The lowest BCUT2D eigenvalue weighted by atomic mass is 9.73. The van der Waals surface area contributed by atoms with Crippen molar-refractivity contribution in [3.63, 3.8) is 0 Å². The molecule has 1 aliphatic rings. The molecule has 0 unspecified atom stereocenters. The number of amides is 1. The van der Waals surface area contributed by atoms with Gasteiger partial charge in [-0.3, -0.25) is 9.59 Å². The molecular weight excluding hydrogens is 424 g/mol. The Morgan fingerprint density at radius 1 is 1.37 bits per heavy atom. The molecule has 3 aromatic rings. The van der Waals surface area contributed by atoms with E-state index in [9.17, 15) is 14.4 Å². The van der Waals surface area contributed by atoms with E-state index < -0.39 is 23.2 Å². The second-order valence-corrected chi connectivity index (χ2v) is 9.15. The number of H-pyrrole nitrogens is 1. The quantitative estimate of drug-likeness (QED) is 0.584. The normalized spacial score (nSPS) is 20.5. The molecule has 0 aliphatic carbocycles. The third-order valence-electron chi connectivity index (χ3n) is 5.16. The molecule has 10 heteroatoms. The summed E-state index contributed by atoms with van der Waals surface area (Å²) < 4.78 is 6.81. The van der Waals surface area contributed by atoms with Crippen molar-refractivity contribution < 1.29 is 14.3 Å². The van der Waals surface area contributed by atoms with Gasteiger partial charge in [0.15, 0.2) is 5.69 Å². The molecule has 2 atom stereocenters. The number of aromatic nitrogens is 3. The van der Waals surface area contributed by atoms with E-state index in [-0.39, 0.29) is 17.2 Å². The highest BCUT2D eigenvalue weighted by molar-refractivity contribution is 7.99. The van der Waals surface area contributed by atoms with E-state index in [0.29, 0.717) is 21.2 Å². The highest BCUT2D eigenvalue weighted by Gasteiger charge is 2.49. The first-order chi connectivity index (χ1) is 14.3. The number of thioether (sulfide) groups is 1. The van der Waals surface area contributed by atoms with E-state index in [4.69, 9.17) is 10.5 Å². The maximum atomic E-state index is 12.8. The number of carbonyl (C=O) groups excluding carboxylic acids is 2. The maximum Gasteiger partial charge on any atom is 0.359 e. The van der Waals surface area contributed by atoms with Gasteiger partial charge in [-0.15, -0.1) is 11.8 Å². The van der Waals surface area contributed by atoms with Crippen molar-refractivity contribution in [1.29, 1.82) is 0 Å². The zero-order valence-electron chi connectivity index (χ0n) is 16.4. The first-order valence-corrected chi connectivity index (χ1v) is 11.1. The first kappa shape index (κ1) is 20.4. The van der Waals surface area contributed by atoms with Crippen LogP contribution in [0.2, 0.25) is 0 Å². The molecular formula is C20H20N4O4S2. The molecule has 156 valence electrons. The molecule has 0 radical (unpaired) electrons. The predicted octanol–water partition coefficient (Wildman–Crippen LogP) is 2.53. The Kier molecular flexibility index (Phi) is 5.29. The second kappa shape index (κ2) is 7.77. The van der Waals surface area contributed by atoms with Crippen LogP contribution < -0.4 is 10.6 Å². The van der Waals surface area contributed by atoms with E-state index in [1.807, 2.05) is 30.3 Å². The van der Waals surface area contributed by atoms with E-state index in [1.165, 1.54) is 11.8 Å². The number of benzene rings is 1. The number of para-hydroxylation sites is 1. The van der Waals surface area contributed by atoms with Crippen molar-refractivity contribution in [1.82, 2.24) is 14.8 Å². The fourth-order valence-corrected chi connectivity index (χ4v) is 6.13. The van der Waals surface area contributed by atoms with Crippen LogP contribution in [-0.4, -0.2) is 39.0 Å². The average molecular weight is 445 g/mol. The molecule has 0 saturated carbocycles. The molecule has 30 heavy (non-hydrogen) atoms. The molecule has 0 fully saturated rings. The average Bonchev–Trinajstić information content (AvgIpc) is 3.32. The second-order valence-electron chi connectivity index (χ2n) is 7.14. The largest absolute Gasteiger partial charge is 0.461 e. The summed E-state index contributed by atoms with van der Waals surface area (Å²) >= 11 is 2.40. The molecule has 0 saturated heterocycles. The lowest BCUT2D eigenvalue weighted by Gasteiger charge is -2.37. The van der Waals surface area contributed by atoms with Gasteiger partial charge in [0.05, 0.1) is 22.7 Å². The van der Waals surface area contributed by atoms with Crippen LogP contribution in [0.4, 0.5) is 0 Å². The summed E-state index contributed by atoms with van der Waals surface area (Å²) in [5.74, 6) is -1.33. The van der Waals surface area contributed by atoms with Gasteiger partial charge < -0.3 is 15.5 Å². The molecule has 0 spiro atoms. The SMILES string of the molecule is CCOC(=O)c1nn(-c2ccccc2)cc1[C@H]1c2sc(=O)[nH]c2SC[C@@]1(C)C(N)=O. The molecule has 4 rings (SSSR count). The van der Waals surface area contributed by atoms with Crippen LogP contribution in [0.3, 0.4) is 0 Å². The summed E-state index contributed by atoms with van der Waals surface area (Å²) in [6.45, 7) is 3.66. The van der Waals surface area contributed by atoms with Crippen molar-refractivity contribution in [2.75, 3.05) is 12.4 Å². The van der Waals surface area contributed by atoms with E-state index >= 15 is 0 Å². The number of nitrogens with one attached hydrogen (secondary N) is 1. The van der Waals surface area contributed by atoms with Crippen LogP contribution in [-0.2, 0) is 9.53 Å². The minimum atomic E-state index is -1.02. The summed E-state index contributed by atoms with van der Waals surface area (Å²) in [4.78, 5) is 40.7. The number of fused-ring (bicyclic) bond motifs is 1. The molecule has 3 heterocycles. The van der Waals surface area contributed by atoms with Gasteiger partial charge in [0.2, 0.25) is 5.91 Å². The Labute approximate surface area is 180 Å². The number of hydrogen-bond donors (Lipinski definition) is 2. The van der Waals surface area contributed by atoms with E-state index in [1.54, 1.807) is 24.7 Å². The van der Waals surface area contributed by atoms with Crippen LogP contribution in [0.1, 0.15) is 40.7 Å². The van der Waals surface area contributed by atoms with Gasteiger partial charge in [0.1, 0.15) is 0 Å². The standard InChI is InChI=1S/C20H20N4O4S2/c1-3-28-17(25)14-12(9-24(23-14)11-7-5-4-6-8-11)13-15-16(22-19(27)30-15)29-10-20(13,2)18(21)26/h4-9,13H,3,10H2,1-2H3,(H2,21,26)(H,22,27)/t13-,20+/m0/s1. The van der Waals surface area contributed by atoms with Gasteiger partial charge in [-0.05, 0) is 26.0 Å². The number of carbonyl (C=O) groups is 2. The van der Waals surface area contributed by atoms with Crippen molar-refractivity contribution in [3.05, 3.63) is 62.3 Å². The smallest absolute Gasteiger partial charge is 0.359 e. The summed E-state index contributed by atoms with van der Waals surface area (Å²) in [6, 6.07) is 9.32. The van der Waals surface area contributed by atoms with Crippen LogP contribution >= 0.6 is 23.1 Å². The van der Waals surface area contributed by atoms with Gasteiger partial charge in [-0.25, -0.2) is 9.48 Å². The lowest BCUT2D eigenvalue weighted by Crippen LogP contribution is -2.44. The molecule has 1 aromatic carbocycles. The van der Waals surface area contributed by atoms with Crippen molar-refractivity contribution in [2.24, 2.45) is 11.1 Å². The van der Waals surface area contributed by atoms with Gasteiger partial charge in [-0.2, -0.15) is 5.10 Å². The fourth-order valence-electron chi connectivity index (χ4n) is 3.59. The minimum absolute atomic E-state index is 0.108. The fraction of sp³-hybridized carbons (Fsp3) is 0.300. The lowest BCUT2D eigenvalue weighted by molar-refractivity contribution is -0.126. The Hall–Kier alpha value is -2.85. The topological polar surface area (TPSA) is 120 Å². The summed E-state index contributed by atoms with van der Waals surface area (Å²) in [5, 5.41) is 5.17. The molecule has 0 bridgehead atoms. The summed E-state index contributed by atoms with van der Waals surface area (Å²) in [5.41, 5.74) is 6.17. The molecule has 3 N–H and O–H groups in total. The van der Waals surface area contributed by atoms with Crippen molar-refractivity contribution >= 4 is 35.0 Å². The number of thiazole rings is 1. The molecule has 1 aliphatic heterocycles. The number of nitrogens with two attached hydrogens (primary N) is 1. The van der Waals surface area contributed by atoms with Crippen molar-refractivity contribution in [3.8, 4) is 5.69 Å². The summed E-state index contributed by atoms with van der Waals surface area (Å²) in [7, 11) is 0. The number of hydrogen-bond acceptors (Lipinski definition) is 7. The number of rotatable bonds is 5. The third-order valence-corrected chi connectivity index (χ3v) is 7.59. The van der Waals surface area contributed by atoms with E-state index in [2.05, 4.69) is 10.1 Å². The van der Waals surface area contributed by atoms with Gasteiger partial charge in [0, 0.05) is 28.3 Å². The number of primary amides is 1.